The van der Waals surface area contributed by atoms with Crippen LogP contribution in [0.1, 0.15) is 74.8 Å². The molecule has 5 aromatic rings. The lowest BCUT2D eigenvalue weighted by Gasteiger charge is -2.18. The quantitative estimate of drug-likeness (QED) is 0.220. The topological polar surface area (TPSA) is 8.81 Å². The number of aryl methyl sites for hydroxylation is 2. The molecule has 0 bridgehead atoms. The number of nitrogens with zero attached hydrogens (tertiary/aromatic N) is 2. The van der Waals surface area contributed by atoms with Gasteiger partial charge in [0.15, 0.2) is 11.0 Å². The number of hydrogen-bond acceptors (Lipinski definition) is 0. The minimum absolute atomic E-state index is 0. The smallest absolute Gasteiger partial charge is 0.225 e. The Kier molecular flexibility index (Phi) is 6.31. The average molecular weight is 488 g/mol. The molecule has 188 valence electrons. The zero-order chi connectivity index (χ0) is 25.1. The van der Waals surface area contributed by atoms with Gasteiger partial charge in [0.2, 0.25) is 0 Å². The Balaban J connectivity index is 0.00000280. The molecule has 1 aliphatic rings. The Morgan fingerprint density at radius 2 is 1.32 bits per heavy atom. The molecule has 2 nitrogen and oxygen atoms in total. The highest BCUT2D eigenvalue weighted by Gasteiger charge is 2.35. The summed E-state index contributed by atoms with van der Waals surface area (Å²) in [7, 11) is 2.26. The van der Waals surface area contributed by atoms with Gasteiger partial charge >= 0.3 is 0 Å². The summed E-state index contributed by atoms with van der Waals surface area (Å²) >= 11 is 0. The van der Waals surface area contributed by atoms with E-state index in [4.69, 9.17) is 0 Å². The summed E-state index contributed by atoms with van der Waals surface area (Å²) in [6.45, 7) is 11.5. The minimum Gasteiger partial charge on any atom is -0.225 e. The van der Waals surface area contributed by atoms with Crippen molar-refractivity contribution in [1.29, 1.82) is 0 Å². The first kappa shape index (κ1) is 25.0. The van der Waals surface area contributed by atoms with E-state index in [2.05, 4.69) is 130 Å². The third-order valence-electron chi connectivity index (χ3n) is 7.97. The molecule has 0 atom stereocenters. The first-order valence-electron chi connectivity index (χ1n) is 13.2. The monoisotopic (exact) mass is 487 g/mol. The van der Waals surface area contributed by atoms with E-state index >= 15 is 0 Å². The largest absolute Gasteiger partial charge is 0.295 e. The number of fused-ring (bicyclic) bond motifs is 5. The van der Waals surface area contributed by atoms with Crippen LogP contribution in [0.5, 0.6) is 0 Å². The van der Waals surface area contributed by atoms with Crippen molar-refractivity contribution in [3.05, 3.63) is 107 Å². The maximum absolute atomic E-state index is 2.57. The van der Waals surface area contributed by atoms with Crippen LogP contribution in [0.2, 0.25) is 0 Å². The fourth-order valence-electron chi connectivity index (χ4n) is 6.20. The molecule has 0 radical (unpaired) electrons. The van der Waals surface area contributed by atoms with Gasteiger partial charge in [0, 0.05) is 16.7 Å². The van der Waals surface area contributed by atoms with E-state index in [1.54, 1.807) is 0 Å². The summed E-state index contributed by atoms with van der Waals surface area (Å²) in [4.78, 5) is 0. The highest BCUT2D eigenvalue weighted by atomic mass is 15.2. The van der Waals surface area contributed by atoms with Crippen molar-refractivity contribution in [1.82, 2.24) is 4.57 Å². The van der Waals surface area contributed by atoms with Crippen molar-refractivity contribution < 1.29 is 4.57 Å². The van der Waals surface area contributed by atoms with Crippen LogP contribution < -0.4 is 4.57 Å². The number of rotatable bonds is 4. The lowest BCUT2D eigenvalue weighted by atomic mass is 9.92. The molecule has 0 aliphatic heterocycles. The van der Waals surface area contributed by atoms with Crippen LogP contribution in [0.15, 0.2) is 78.9 Å². The lowest BCUT2D eigenvalue weighted by molar-refractivity contribution is -0.633. The summed E-state index contributed by atoms with van der Waals surface area (Å²) < 4.78 is 5.03. The van der Waals surface area contributed by atoms with E-state index in [0.29, 0.717) is 11.8 Å². The van der Waals surface area contributed by atoms with Crippen LogP contribution in [0.25, 0.3) is 39.2 Å². The molecule has 0 N–H and O–H groups in total. The van der Waals surface area contributed by atoms with Gasteiger partial charge in [0.25, 0.3) is 5.82 Å². The van der Waals surface area contributed by atoms with E-state index < -0.39 is 0 Å². The SMILES string of the molecule is C.Cc1ccccc1-c1n(-c2c(C(C)C)cccc2C(C)C)c2ccc3c(c2[n+]1C)-c1ccccc1C3. The zero-order valence-corrected chi connectivity index (χ0v) is 22.3. The summed E-state index contributed by atoms with van der Waals surface area (Å²) in [5, 5.41) is 0. The number of benzene rings is 4. The number of para-hydroxylation sites is 1. The van der Waals surface area contributed by atoms with E-state index in [9.17, 15) is 0 Å². The van der Waals surface area contributed by atoms with Crippen molar-refractivity contribution in [3.63, 3.8) is 0 Å². The molecule has 2 heteroatoms. The van der Waals surface area contributed by atoms with Gasteiger partial charge < -0.3 is 0 Å². The van der Waals surface area contributed by atoms with Crippen LogP contribution in [0.3, 0.4) is 0 Å². The molecule has 1 aliphatic carbocycles. The van der Waals surface area contributed by atoms with Crippen LogP contribution in [-0.2, 0) is 13.5 Å². The fourth-order valence-corrected chi connectivity index (χ4v) is 6.20. The molecule has 4 aromatic carbocycles. The molecule has 37 heavy (non-hydrogen) atoms. The van der Waals surface area contributed by atoms with Crippen molar-refractivity contribution in [2.24, 2.45) is 7.05 Å². The summed E-state index contributed by atoms with van der Waals surface area (Å²) in [5.41, 5.74) is 14.9. The van der Waals surface area contributed by atoms with Crippen molar-refractivity contribution in [3.8, 4) is 28.2 Å². The van der Waals surface area contributed by atoms with Gasteiger partial charge in [-0.3, -0.25) is 0 Å². The molecular formula is C35H39N2+. The predicted molar refractivity (Wildman–Crippen MR) is 158 cm³/mol. The Morgan fingerprint density at radius 3 is 1.97 bits per heavy atom. The molecule has 0 saturated heterocycles. The molecular weight excluding hydrogens is 448 g/mol. The molecule has 1 aromatic heterocycles. The Morgan fingerprint density at radius 1 is 0.703 bits per heavy atom. The maximum Gasteiger partial charge on any atom is 0.295 e. The Labute approximate surface area is 222 Å². The van der Waals surface area contributed by atoms with Gasteiger partial charge in [-0.15, -0.1) is 0 Å². The zero-order valence-electron chi connectivity index (χ0n) is 22.3. The number of aromatic nitrogens is 2. The van der Waals surface area contributed by atoms with Crippen molar-refractivity contribution in [2.45, 2.75) is 60.3 Å². The third kappa shape index (κ3) is 3.73. The van der Waals surface area contributed by atoms with Crippen LogP contribution >= 0.6 is 0 Å². The first-order chi connectivity index (χ1) is 17.4. The number of hydrogen-bond donors (Lipinski definition) is 0. The van der Waals surface area contributed by atoms with Gasteiger partial charge in [0.05, 0.1) is 12.6 Å². The highest BCUT2D eigenvalue weighted by Crippen LogP contribution is 2.43. The maximum atomic E-state index is 2.57. The normalized spacial score (nSPS) is 12.2. The van der Waals surface area contributed by atoms with Gasteiger partial charge in [-0.05, 0) is 59.6 Å². The summed E-state index contributed by atoms with van der Waals surface area (Å²) in [5.74, 6) is 2.08. The second-order valence-corrected chi connectivity index (χ2v) is 10.9. The van der Waals surface area contributed by atoms with Crippen molar-refractivity contribution >= 4 is 11.0 Å². The molecule has 1 heterocycles. The molecule has 6 rings (SSSR count). The van der Waals surface area contributed by atoms with Crippen molar-refractivity contribution in [2.75, 3.05) is 0 Å². The third-order valence-corrected chi connectivity index (χ3v) is 7.97. The molecule has 0 unspecified atom stereocenters. The minimum atomic E-state index is 0. The van der Waals surface area contributed by atoms with Gasteiger partial charge in [-0.25, -0.2) is 4.57 Å². The fraction of sp³-hybridized carbons (Fsp3) is 0.286. The van der Waals surface area contributed by atoms with Crippen LogP contribution in [-0.4, -0.2) is 4.57 Å². The Bertz CT molecular complexity index is 1610. The average Bonchev–Trinajstić information content (AvgIpc) is 3.38. The van der Waals surface area contributed by atoms with E-state index in [1.165, 1.54) is 67.1 Å². The summed E-state index contributed by atoms with van der Waals surface area (Å²) in [6, 6.07) is 29.4. The second-order valence-electron chi connectivity index (χ2n) is 10.9. The summed E-state index contributed by atoms with van der Waals surface area (Å²) in [6.07, 6.45) is 1.01. The lowest BCUT2D eigenvalue weighted by Crippen LogP contribution is -2.31. The molecule has 0 spiro atoms. The second kappa shape index (κ2) is 9.34. The van der Waals surface area contributed by atoms with Gasteiger partial charge in [-0.1, -0.05) is 102 Å². The van der Waals surface area contributed by atoms with Gasteiger partial charge in [0.1, 0.15) is 5.69 Å². The molecule has 0 saturated carbocycles. The first-order valence-corrected chi connectivity index (χ1v) is 13.2. The highest BCUT2D eigenvalue weighted by molar-refractivity contribution is 5.97. The van der Waals surface area contributed by atoms with Crippen LogP contribution in [0.4, 0.5) is 0 Å². The number of imidazole rings is 1. The van der Waals surface area contributed by atoms with E-state index in [-0.39, 0.29) is 7.43 Å². The predicted octanol–water partition coefficient (Wildman–Crippen LogP) is 8.88. The molecule has 0 amide bonds. The van der Waals surface area contributed by atoms with E-state index in [1.807, 2.05) is 0 Å². The standard InChI is InChI=1S/C34H35N2.CH4/c1-21(2)26-16-11-17-27(22(3)4)32(26)36-30-19-18-25-20-24-13-8-10-15-29(24)31(25)33(30)35(6)34(36)28-14-9-7-12-23(28)5;/h7-19,21-22H,20H2,1-6H3;1H4/q+1;. The van der Waals surface area contributed by atoms with Gasteiger partial charge in [-0.2, -0.15) is 4.57 Å². The van der Waals surface area contributed by atoms with Crippen LogP contribution in [0, 0.1) is 6.92 Å². The Hall–Kier alpha value is -3.65. The molecule has 0 fully saturated rings. The van der Waals surface area contributed by atoms with E-state index in [0.717, 1.165) is 6.42 Å².